The lowest BCUT2D eigenvalue weighted by Gasteiger charge is -2.39. The molecule has 1 atom stereocenters. The molecule has 2 fully saturated rings. The third kappa shape index (κ3) is 6.80. The van der Waals surface area contributed by atoms with Crippen LogP contribution in [0.2, 0.25) is 5.02 Å². The quantitative estimate of drug-likeness (QED) is 0.389. The number of likely N-dealkylation sites (tertiary alicyclic amines) is 1. The summed E-state index contributed by atoms with van der Waals surface area (Å²) in [4.78, 5) is 32.5. The van der Waals surface area contributed by atoms with Gasteiger partial charge in [-0.2, -0.15) is 0 Å². The highest BCUT2D eigenvalue weighted by atomic mass is 35.5. The molecule has 2 N–H and O–H groups in total. The summed E-state index contributed by atoms with van der Waals surface area (Å²) in [6, 6.07) is 24.5. The van der Waals surface area contributed by atoms with E-state index in [-0.39, 0.29) is 17.9 Å². The summed E-state index contributed by atoms with van der Waals surface area (Å²) in [7, 11) is 0. The van der Waals surface area contributed by atoms with Gasteiger partial charge in [0.2, 0.25) is 5.91 Å². The van der Waals surface area contributed by atoms with Crippen LogP contribution in [0.3, 0.4) is 0 Å². The number of nitrogens with one attached hydrogen (secondary N) is 2. The van der Waals surface area contributed by atoms with Crippen molar-refractivity contribution in [2.75, 3.05) is 44.2 Å². The molecule has 0 bridgehead atoms. The van der Waals surface area contributed by atoms with Crippen LogP contribution in [0.4, 0.5) is 5.69 Å². The Morgan fingerprint density at radius 2 is 1.69 bits per heavy atom. The van der Waals surface area contributed by atoms with Crippen molar-refractivity contribution in [3.63, 3.8) is 0 Å². The minimum absolute atomic E-state index is 0.0569. The molecule has 3 aromatic rings. The number of fused-ring (bicyclic) bond motifs is 1. The number of halogens is 1. The van der Waals surface area contributed by atoms with E-state index in [0.717, 1.165) is 63.2 Å². The Morgan fingerprint density at radius 3 is 2.48 bits per heavy atom. The smallest absolute Gasteiger partial charge is 0.267 e. The van der Waals surface area contributed by atoms with Crippen LogP contribution in [-0.4, -0.2) is 66.9 Å². The lowest BCUT2D eigenvalue weighted by atomic mass is 10.0. The van der Waals surface area contributed by atoms with Crippen molar-refractivity contribution in [1.29, 1.82) is 0 Å². The number of anilines is 1. The zero-order valence-electron chi connectivity index (χ0n) is 23.9. The highest BCUT2D eigenvalue weighted by molar-refractivity contribution is 6.30. The molecule has 3 aliphatic heterocycles. The molecule has 3 heterocycles. The topological polar surface area (TPSA) is 67.9 Å². The van der Waals surface area contributed by atoms with Crippen LogP contribution in [0.15, 0.2) is 78.5 Å². The first kappa shape index (κ1) is 28.3. The molecule has 7 nitrogen and oxygen atoms in total. The number of amides is 2. The van der Waals surface area contributed by atoms with Gasteiger partial charge in [0.1, 0.15) is 5.70 Å². The van der Waals surface area contributed by atoms with Gasteiger partial charge in [0.25, 0.3) is 5.91 Å². The zero-order valence-corrected chi connectivity index (χ0v) is 24.7. The van der Waals surface area contributed by atoms with E-state index in [0.29, 0.717) is 30.2 Å². The molecule has 0 aromatic heterocycles. The lowest BCUT2D eigenvalue weighted by molar-refractivity contribution is -0.128. The zero-order chi connectivity index (χ0) is 28.9. The van der Waals surface area contributed by atoms with Gasteiger partial charge in [0.15, 0.2) is 0 Å². The molecule has 3 aliphatic rings. The van der Waals surface area contributed by atoms with E-state index in [9.17, 15) is 9.59 Å². The van der Waals surface area contributed by atoms with Gasteiger partial charge in [-0.05, 0) is 59.4 Å². The molecule has 0 saturated carbocycles. The van der Waals surface area contributed by atoms with Crippen LogP contribution in [0.5, 0.6) is 0 Å². The molecule has 6 rings (SSSR count). The van der Waals surface area contributed by atoms with Crippen molar-refractivity contribution in [2.24, 2.45) is 0 Å². The van der Waals surface area contributed by atoms with Crippen LogP contribution in [0.25, 0.3) is 6.08 Å². The molecule has 8 heteroatoms. The largest absolute Gasteiger partial charge is 0.376 e. The van der Waals surface area contributed by atoms with Gasteiger partial charge >= 0.3 is 0 Å². The fourth-order valence-corrected chi connectivity index (χ4v) is 6.35. The molecule has 0 spiro atoms. The van der Waals surface area contributed by atoms with Crippen molar-refractivity contribution >= 4 is 35.2 Å². The molecule has 0 aliphatic carbocycles. The maximum Gasteiger partial charge on any atom is 0.267 e. The minimum Gasteiger partial charge on any atom is -0.376 e. The molecule has 3 aromatic carbocycles. The van der Waals surface area contributed by atoms with Gasteiger partial charge in [0.05, 0.1) is 0 Å². The summed E-state index contributed by atoms with van der Waals surface area (Å²) in [5, 5.41) is 7.34. The predicted octanol–water partition coefficient (Wildman–Crippen LogP) is 4.46. The maximum atomic E-state index is 13.4. The lowest BCUT2D eigenvalue weighted by Crippen LogP contribution is -2.53. The van der Waals surface area contributed by atoms with Crippen LogP contribution < -0.4 is 15.5 Å². The van der Waals surface area contributed by atoms with E-state index in [4.69, 9.17) is 11.6 Å². The van der Waals surface area contributed by atoms with E-state index < -0.39 is 0 Å². The number of carbonyl (C=O) groups is 2. The summed E-state index contributed by atoms with van der Waals surface area (Å²) in [5.41, 5.74) is 6.46. The summed E-state index contributed by atoms with van der Waals surface area (Å²) < 4.78 is 0. The molecule has 0 unspecified atom stereocenters. The number of hydrogen-bond acceptors (Lipinski definition) is 5. The Morgan fingerprint density at radius 1 is 0.929 bits per heavy atom. The van der Waals surface area contributed by atoms with Crippen molar-refractivity contribution in [3.8, 4) is 0 Å². The second-order valence-corrected chi connectivity index (χ2v) is 11.9. The number of benzene rings is 3. The van der Waals surface area contributed by atoms with Crippen molar-refractivity contribution in [2.45, 2.75) is 38.4 Å². The fraction of sp³-hybridized carbons (Fsp3) is 0.353. The summed E-state index contributed by atoms with van der Waals surface area (Å²) in [6.07, 6.45) is 4.28. The maximum absolute atomic E-state index is 13.4. The molecule has 0 radical (unpaired) electrons. The molecule has 42 heavy (non-hydrogen) atoms. The molecule has 218 valence electrons. The monoisotopic (exact) mass is 583 g/mol. The first-order valence-corrected chi connectivity index (χ1v) is 15.3. The van der Waals surface area contributed by atoms with Crippen LogP contribution in [0, 0.1) is 0 Å². The Balaban J connectivity index is 1.11. The average molecular weight is 584 g/mol. The van der Waals surface area contributed by atoms with E-state index in [2.05, 4.69) is 56.8 Å². The van der Waals surface area contributed by atoms with Gasteiger partial charge in [-0.15, -0.1) is 0 Å². The van der Waals surface area contributed by atoms with Gasteiger partial charge < -0.3 is 20.4 Å². The Kier molecular flexibility index (Phi) is 8.77. The normalized spacial score (nSPS) is 17.8. The van der Waals surface area contributed by atoms with Crippen molar-refractivity contribution < 1.29 is 9.59 Å². The van der Waals surface area contributed by atoms with E-state index in [1.165, 1.54) is 16.8 Å². The van der Waals surface area contributed by atoms with Gasteiger partial charge in [-0.1, -0.05) is 66.2 Å². The minimum atomic E-state index is -0.0764. The van der Waals surface area contributed by atoms with Crippen molar-refractivity contribution in [1.82, 2.24) is 20.4 Å². The van der Waals surface area contributed by atoms with Crippen LogP contribution in [-0.2, 0) is 29.1 Å². The number of carbonyl (C=O) groups excluding carboxylic acids is 2. The summed E-state index contributed by atoms with van der Waals surface area (Å²) in [6.45, 7) is 6.53. The number of rotatable bonds is 9. The molecular weight excluding hydrogens is 546 g/mol. The van der Waals surface area contributed by atoms with Gasteiger partial charge in [-0.25, -0.2) is 0 Å². The number of nitrogens with zero attached hydrogens (tertiary/aromatic N) is 3. The first-order valence-electron chi connectivity index (χ1n) is 14.9. The third-order valence-corrected chi connectivity index (χ3v) is 8.77. The third-order valence-electron chi connectivity index (χ3n) is 8.52. The molecular formula is C34H38ClN5O2. The number of hydrogen-bond donors (Lipinski definition) is 2. The van der Waals surface area contributed by atoms with Crippen molar-refractivity contribution in [3.05, 3.63) is 106 Å². The van der Waals surface area contributed by atoms with E-state index in [1.54, 1.807) is 0 Å². The Hall–Kier alpha value is -3.81. The van der Waals surface area contributed by atoms with E-state index in [1.807, 2.05) is 47.4 Å². The van der Waals surface area contributed by atoms with Crippen LogP contribution in [0.1, 0.15) is 35.1 Å². The number of para-hydroxylation sites is 1. The SMILES string of the molecule is O=C(N[C@H](Cc1ccc(Cl)cc1)CN1CCN(c2ccccc2CN2CCCC2=O)CC1)C1=Cc2ccccc2CN1. The van der Waals surface area contributed by atoms with E-state index >= 15 is 0 Å². The van der Waals surface area contributed by atoms with Gasteiger partial charge in [0, 0.05) is 75.5 Å². The second kappa shape index (κ2) is 13.0. The fourth-order valence-electron chi connectivity index (χ4n) is 6.22. The highest BCUT2D eigenvalue weighted by Gasteiger charge is 2.26. The van der Waals surface area contributed by atoms with Crippen LogP contribution >= 0.6 is 11.6 Å². The predicted molar refractivity (Wildman–Crippen MR) is 168 cm³/mol. The highest BCUT2D eigenvalue weighted by Crippen LogP contribution is 2.25. The standard InChI is InChI=1S/C34H38ClN5O2/c35-29-13-11-25(12-14-29)20-30(37-34(42)31-21-26-6-1-2-7-27(26)22-36-31)24-38-16-18-39(19-17-38)32-9-4-3-8-28(32)23-40-15-5-10-33(40)41/h1-4,6-9,11-14,21,30,36H,5,10,15-20,22-24H2,(H,37,42)/t30-/m1/s1. The average Bonchev–Trinajstić information content (AvgIpc) is 3.42. The first-order chi connectivity index (χ1) is 20.5. The van der Waals surface area contributed by atoms with Gasteiger partial charge in [-0.3, -0.25) is 14.5 Å². The summed E-state index contributed by atoms with van der Waals surface area (Å²) >= 11 is 6.14. The Bertz CT molecular complexity index is 1450. The second-order valence-electron chi connectivity index (χ2n) is 11.4. The number of piperazine rings is 1. The molecule has 2 amide bonds. The molecule has 2 saturated heterocycles. The summed E-state index contributed by atoms with van der Waals surface area (Å²) in [5.74, 6) is 0.180. The Labute approximate surface area is 253 Å².